The Morgan fingerprint density at radius 2 is 2.17 bits per heavy atom. The lowest BCUT2D eigenvalue weighted by Crippen LogP contribution is -2.47. The van der Waals surface area contributed by atoms with Gasteiger partial charge in [0.05, 0.1) is 6.61 Å². The van der Waals surface area contributed by atoms with E-state index in [2.05, 4.69) is 19.7 Å². The van der Waals surface area contributed by atoms with Crippen molar-refractivity contribution in [1.82, 2.24) is 4.72 Å². The highest BCUT2D eigenvalue weighted by molar-refractivity contribution is 8.46. The number of aliphatic hydroxyl groups excluding tert-OH is 1. The Labute approximate surface area is 77.1 Å². The summed E-state index contributed by atoms with van der Waals surface area (Å²) in [6.07, 6.45) is 0. The monoisotopic (exact) mass is 211 g/mol. The second-order valence-electron chi connectivity index (χ2n) is 3.55. The van der Waals surface area contributed by atoms with E-state index in [1.165, 1.54) is 0 Å². The minimum absolute atomic E-state index is 0.0569. The van der Waals surface area contributed by atoms with Crippen LogP contribution in [0.3, 0.4) is 0 Å². The van der Waals surface area contributed by atoms with E-state index in [1.54, 1.807) is 20.8 Å². The van der Waals surface area contributed by atoms with E-state index in [4.69, 9.17) is 5.11 Å². The van der Waals surface area contributed by atoms with E-state index in [0.717, 1.165) is 0 Å². The zero-order chi connectivity index (χ0) is 9.99. The summed E-state index contributed by atoms with van der Waals surface area (Å²) in [5.41, 5.74) is -0.532. The third-order valence-corrected chi connectivity index (χ3v) is 5.21. The van der Waals surface area contributed by atoms with Crippen molar-refractivity contribution in [3.63, 3.8) is 0 Å². The predicted molar refractivity (Wildman–Crippen MR) is 58.4 cm³/mol. The minimum Gasteiger partial charge on any atom is -0.394 e. The summed E-state index contributed by atoms with van der Waals surface area (Å²) in [5.74, 6) is 0. The quantitative estimate of drug-likeness (QED) is 0.471. The Morgan fingerprint density at radius 1 is 1.75 bits per heavy atom. The van der Waals surface area contributed by atoms with E-state index in [9.17, 15) is 4.21 Å². The molecule has 0 aliphatic rings. The summed E-state index contributed by atoms with van der Waals surface area (Å²) in [6.45, 7) is 8.83. The Kier molecular flexibility index (Phi) is 4.04. The van der Waals surface area contributed by atoms with Crippen LogP contribution in [-0.2, 0) is 9.74 Å². The third kappa shape index (κ3) is 3.76. The van der Waals surface area contributed by atoms with Crippen LogP contribution in [0.2, 0.25) is 0 Å². The topological polar surface area (TPSA) is 49.3 Å². The van der Waals surface area contributed by atoms with Crippen molar-refractivity contribution in [2.45, 2.75) is 26.3 Å². The first-order valence-corrected chi connectivity index (χ1v) is 6.99. The number of thiol groups is 1. The summed E-state index contributed by atoms with van der Waals surface area (Å²) in [4.78, 5) is 0.592. The van der Waals surface area contributed by atoms with Gasteiger partial charge in [0.15, 0.2) is 0 Å². The summed E-state index contributed by atoms with van der Waals surface area (Å²) in [5, 5.41) is 8.92. The normalized spacial score (nSPS) is 14.4. The van der Waals surface area contributed by atoms with Crippen LogP contribution in [-0.4, -0.2) is 21.5 Å². The molecule has 0 radical (unpaired) electrons. The van der Waals surface area contributed by atoms with Crippen molar-refractivity contribution >= 4 is 18.2 Å². The highest BCUT2D eigenvalue weighted by atomic mass is 32.8. The maximum atomic E-state index is 11.7. The molecule has 0 bridgehead atoms. The van der Waals surface area contributed by atoms with E-state index >= 15 is 0 Å². The molecule has 0 aromatic rings. The summed E-state index contributed by atoms with van der Waals surface area (Å²) < 4.78 is 14.6. The zero-order valence-corrected chi connectivity index (χ0v) is 9.84. The van der Waals surface area contributed by atoms with Gasteiger partial charge >= 0.3 is 0 Å². The second kappa shape index (κ2) is 3.97. The summed E-state index contributed by atoms with van der Waals surface area (Å²) in [7, 11) is -0.333. The minimum atomic E-state index is -2.59. The van der Waals surface area contributed by atoms with Crippen LogP contribution in [0.4, 0.5) is 0 Å². The smallest absolute Gasteiger partial charge is 0.0616 e. The molecule has 2 N–H and O–H groups in total. The van der Waals surface area contributed by atoms with Crippen molar-refractivity contribution < 1.29 is 9.32 Å². The van der Waals surface area contributed by atoms with E-state index < -0.39 is 15.3 Å². The van der Waals surface area contributed by atoms with E-state index in [0.29, 0.717) is 4.91 Å². The average Bonchev–Trinajstić information content (AvgIpc) is 1.85. The second-order valence-corrected chi connectivity index (χ2v) is 8.03. The number of nitrogens with one attached hydrogen (secondary N) is 1. The Hall–Kier alpha value is 0.240. The van der Waals surface area contributed by atoms with Gasteiger partial charge in [0.25, 0.3) is 0 Å². The first-order chi connectivity index (χ1) is 5.21. The lowest BCUT2D eigenvalue weighted by molar-refractivity contribution is 0.210. The van der Waals surface area contributed by atoms with Crippen molar-refractivity contribution in [2.75, 3.05) is 6.61 Å². The molecule has 0 saturated heterocycles. The summed E-state index contributed by atoms with van der Waals surface area (Å²) >= 11 is 0. The molecule has 0 aliphatic heterocycles. The van der Waals surface area contributed by atoms with E-state index in [1.807, 2.05) is 0 Å². The average molecular weight is 211 g/mol. The van der Waals surface area contributed by atoms with Crippen LogP contribution in [0.1, 0.15) is 20.8 Å². The SMILES string of the molecule is C=C(C)[SH](=O)(P)NC(C)(C)CO. The first kappa shape index (κ1) is 12.2. The van der Waals surface area contributed by atoms with Gasteiger partial charge in [-0.15, -0.1) is 0 Å². The van der Waals surface area contributed by atoms with Crippen molar-refractivity contribution in [1.29, 1.82) is 0 Å². The fraction of sp³-hybridized carbons (Fsp3) is 0.714. The van der Waals surface area contributed by atoms with Gasteiger partial charge in [0.2, 0.25) is 0 Å². The number of rotatable bonds is 4. The first-order valence-electron chi connectivity index (χ1n) is 3.66. The van der Waals surface area contributed by atoms with Gasteiger partial charge in [0.1, 0.15) is 0 Å². The van der Waals surface area contributed by atoms with Crippen LogP contribution in [0, 0.1) is 0 Å². The van der Waals surface area contributed by atoms with Crippen molar-refractivity contribution in [2.24, 2.45) is 0 Å². The number of hydrogen-bond donors (Lipinski definition) is 3. The fourth-order valence-electron chi connectivity index (χ4n) is 0.580. The number of aliphatic hydroxyl groups is 1. The van der Waals surface area contributed by atoms with Gasteiger partial charge < -0.3 is 5.11 Å². The van der Waals surface area contributed by atoms with Gasteiger partial charge in [-0.1, -0.05) is 15.0 Å². The van der Waals surface area contributed by atoms with Crippen LogP contribution >= 0.6 is 8.44 Å². The molecule has 0 aliphatic carbocycles. The van der Waals surface area contributed by atoms with Gasteiger partial charge in [-0.2, -0.15) is 0 Å². The molecule has 12 heavy (non-hydrogen) atoms. The number of hydrogen-bond acceptors (Lipinski definition) is 2. The standard InChI is InChI=1S/C7H18NO2PS/c1-6(2)12(10,11)8-7(3,4)5-9/h9,12H,1,5,11H2,2-4H3,(H,8,10). The van der Waals surface area contributed by atoms with Gasteiger partial charge in [-0.05, 0) is 35.4 Å². The molecule has 3 nitrogen and oxygen atoms in total. The molecular formula is C7H18NO2PS. The molecular weight excluding hydrogens is 193 g/mol. The van der Waals surface area contributed by atoms with Gasteiger partial charge in [-0.25, -0.2) is 4.72 Å². The predicted octanol–water partition coefficient (Wildman–Crippen LogP) is 0.602. The molecule has 1 unspecified atom stereocenters. The van der Waals surface area contributed by atoms with E-state index in [-0.39, 0.29) is 6.61 Å². The summed E-state index contributed by atoms with van der Waals surface area (Å²) in [6, 6.07) is 0. The Balaban J connectivity index is 4.45. The largest absolute Gasteiger partial charge is 0.394 e. The van der Waals surface area contributed by atoms with Crippen molar-refractivity contribution in [3.8, 4) is 0 Å². The molecule has 5 heteroatoms. The highest BCUT2D eigenvalue weighted by Gasteiger charge is 2.22. The lowest BCUT2D eigenvalue weighted by Gasteiger charge is -2.31. The molecule has 0 heterocycles. The molecule has 0 aromatic heterocycles. The highest BCUT2D eigenvalue weighted by Crippen LogP contribution is 2.22. The molecule has 0 aromatic carbocycles. The maximum Gasteiger partial charge on any atom is 0.0616 e. The Morgan fingerprint density at radius 3 is 2.42 bits per heavy atom. The fourth-order valence-corrected chi connectivity index (χ4v) is 2.79. The Bertz CT molecular complexity index is 227. The lowest BCUT2D eigenvalue weighted by atomic mass is 10.1. The molecule has 1 atom stereocenters. The molecule has 0 rings (SSSR count). The van der Waals surface area contributed by atoms with Crippen LogP contribution in [0.5, 0.6) is 0 Å². The maximum absolute atomic E-state index is 11.7. The van der Waals surface area contributed by atoms with Crippen LogP contribution in [0.25, 0.3) is 0 Å². The molecule has 0 amide bonds. The van der Waals surface area contributed by atoms with Crippen LogP contribution in [0.15, 0.2) is 11.5 Å². The van der Waals surface area contributed by atoms with Crippen LogP contribution < -0.4 is 4.72 Å². The zero-order valence-electron chi connectivity index (χ0n) is 7.79. The molecule has 0 spiro atoms. The molecule has 0 fully saturated rings. The van der Waals surface area contributed by atoms with Gasteiger partial charge in [-0.3, -0.25) is 4.21 Å². The van der Waals surface area contributed by atoms with Gasteiger partial charge in [0, 0.05) is 5.54 Å². The molecule has 74 valence electrons. The van der Waals surface area contributed by atoms with Crippen molar-refractivity contribution in [3.05, 3.63) is 11.5 Å². The molecule has 0 saturated carbocycles. The third-order valence-electron chi connectivity index (χ3n) is 1.43. The number of allylic oxidation sites excluding steroid dienone is 1.